The third-order valence-electron chi connectivity index (χ3n) is 5.41. The van der Waals surface area contributed by atoms with Crippen LogP contribution in [0.4, 0.5) is 0 Å². The van der Waals surface area contributed by atoms with E-state index >= 15 is 0 Å². The summed E-state index contributed by atoms with van der Waals surface area (Å²) in [6.45, 7) is 4.12. The molecule has 3 atom stereocenters. The Morgan fingerprint density at radius 2 is 1.86 bits per heavy atom. The number of aryl methyl sites for hydroxylation is 1. The summed E-state index contributed by atoms with van der Waals surface area (Å²) in [5.74, 6) is 2.57. The molecule has 1 N–H and O–H groups in total. The summed E-state index contributed by atoms with van der Waals surface area (Å²) in [4.78, 5) is 2.53. The van der Waals surface area contributed by atoms with Crippen LogP contribution in [0.25, 0.3) is 0 Å². The Bertz CT molecular complexity index is 473. The smallest absolute Gasteiger partial charge is 0.146 e. The molecule has 2 fully saturated rings. The molecule has 1 saturated carbocycles. The van der Waals surface area contributed by atoms with E-state index in [0.717, 1.165) is 37.6 Å². The maximum absolute atomic E-state index is 10.4. The van der Waals surface area contributed by atoms with Gasteiger partial charge in [-0.25, -0.2) is 0 Å². The lowest BCUT2D eigenvalue weighted by molar-refractivity contribution is 0.0193. The quantitative estimate of drug-likeness (QED) is 0.921. The fraction of sp³-hybridized carbons (Fsp3) is 0.875. The molecule has 0 radical (unpaired) electrons. The molecule has 2 heterocycles. The fourth-order valence-corrected chi connectivity index (χ4v) is 4.15. The Morgan fingerprint density at radius 1 is 1.10 bits per heavy atom. The summed E-state index contributed by atoms with van der Waals surface area (Å²) >= 11 is 0. The van der Waals surface area contributed by atoms with Gasteiger partial charge in [0.2, 0.25) is 0 Å². The highest BCUT2D eigenvalue weighted by Gasteiger charge is 2.37. The zero-order valence-electron chi connectivity index (χ0n) is 13.3. The van der Waals surface area contributed by atoms with Gasteiger partial charge in [-0.05, 0) is 32.2 Å². The van der Waals surface area contributed by atoms with Crippen molar-refractivity contribution in [2.45, 2.75) is 70.6 Å². The SMILES string of the molecule is CCc1nnc(CN2CCC[C@@H]2[C@@H]2CCCC[C@H]2O)n1C. The molecule has 5 nitrogen and oxygen atoms in total. The van der Waals surface area contributed by atoms with Gasteiger partial charge >= 0.3 is 0 Å². The summed E-state index contributed by atoms with van der Waals surface area (Å²) < 4.78 is 2.13. The topological polar surface area (TPSA) is 54.2 Å². The van der Waals surface area contributed by atoms with Crippen LogP contribution in [0.3, 0.4) is 0 Å². The largest absolute Gasteiger partial charge is 0.393 e. The van der Waals surface area contributed by atoms with Gasteiger partial charge < -0.3 is 9.67 Å². The summed E-state index contributed by atoms with van der Waals surface area (Å²) in [6, 6.07) is 0.530. The summed E-state index contributed by atoms with van der Waals surface area (Å²) in [7, 11) is 2.06. The Balaban J connectivity index is 1.70. The highest BCUT2D eigenvalue weighted by atomic mass is 16.3. The van der Waals surface area contributed by atoms with Crippen LogP contribution in [0.2, 0.25) is 0 Å². The van der Waals surface area contributed by atoms with Crippen LogP contribution in [-0.4, -0.2) is 43.5 Å². The zero-order valence-corrected chi connectivity index (χ0v) is 13.3. The van der Waals surface area contributed by atoms with Crippen LogP contribution in [0.15, 0.2) is 0 Å². The van der Waals surface area contributed by atoms with Crippen LogP contribution in [0.1, 0.15) is 57.1 Å². The molecular weight excluding hydrogens is 264 g/mol. The Kier molecular flexibility index (Phi) is 4.60. The van der Waals surface area contributed by atoms with Gasteiger partial charge in [0, 0.05) is 25.4 Å². The number of likely N-dealkylation sites (tertiary alicyclic amines) is 1. The van der Waals surface area contributed by atoms with Crippen molar-refractivity contribution in [3.05, 3.63) is 11.6 Å². The maximum Gasteiger partial charge on any atom is 0.146 e. The fourth-order valence-electron chi connectivity index (χ4n) is 4.15. The van der Waals surface area contributed by atoms with Gasteiger partial charge in [0.05, 0.1) is 12.6 Å². The normalized spacial score (nSPS) is 30.9. The van der Waals surface area contributed by atoms with E-state index in [-0.39, 0.29) is 6.10 Å². The van der Waals surface area contributed by atoms with E-state index in [1.165, 1.54) is 32.1 Å². The summed E-state index contributed by atoms with van der Waals surface area (Å²) in [6.07, 6.45) is 7.92. The molecule has 5 heteroatoms. The van der Waals surface area contributed by atoms with Crippen molar-refractivity contribution >= 4 is 0 Å². The molecule has 0 bridgehead atoms. The predicted octanol–water partition coefficient (Wildman–Crippen LogP) is 1.89. The van der Waals surface area contributed by atoms with E-state index < -0.39 is 0 Å². The van der Waals surface area contributed by atoms with Crippen molar-refractivity contribution < 1.29 is 5.11 Å². The van der Waals surface area contributed by atoms with Crippen molar-refractivity contribution in [3.8, 4) is 0 Å². The van der Waals surface area contributed by atoms with Crippen LogP contribution in [-0.2, 0) is 20.0 Å². The van der Waals surface area contributed by atoms with Crippen molar-refractivity contribution in [2.75, 3.05) is 6.54 Å². The summed E-state index contributed by atoms with van der Waals surface area (Å²) in [5.41, 5.74) is 0. The minimum Gasteiger partial charge on any atom is -0.393 e. The number of nitrogens with zero attached hydrogens (tertiary/aromatic N) is 4. The number of hydrogen-bond acceptors (Lipinski definition) is 4. The third kappa shape index (κ3) is 2.99. The van der Waals surface area contributed by atoms with E-state index in [1.54, 1.807) is 0 Å². The zero-order chi connectivity index (χ0) is 14.8. The Morgan fingerprint density at radius 3 is 2.57 bits per heavy atom. The van der Waals surface area contributed by atoms with Gasteiger partial charge in [-0.3, -0.25) is 4.90 Å². The highest BCUT2D eigenvalue weighted by Crippen LogP contribution is 2.35. The van der Waals surface area contributed by atoms with Crippen molar-refractivity contribution in [2.24, 2.45) is 13.0 Å². The molecule has 0 amide bonds. The van der Waals surface area contributed by atoms with E-state index in [2.05, 4.69) is 33.6 Å². The molecule has 1 saturated heterocycles. The van der Waals surface area contributed by atoms with Crippen LogP contribution in [0.5, 0.6) is 0 Å². The molecule has 1 aliphatic heterocycles. The van der Waals surface area contributed by atoms with E-state index in [4.69, 9.17) is 0 Å². The summed E-state index contributed by atoms with van der Waals surface area (Å²) in [5, 5.41) is 19.0. The van der Waals surface area contributed by atoms with Gasteiger partial charge in [0.1, 0.15) is 11.6 Å². The van der Waals surface area contributed by atoms with E-state index in [9.17, 15) is 5.11 Å². The lowest BCUT2D eigenvalue weighted by atomic mass is 9.80. The second-order valence-corrected chi connectivity index (χ2v) is 6.64. The average Bonchev–Trinajstić information content (AvgIpc) is 3.08. The number of aromatic nitrogens is 3. The number of rotatable bonds is 4. The highest BCUT2D eigenvalue weighted by molar-refractivity contribution is 4.98. The third-order valence-corrected chi connectivity index (χ3v) is 5.41. The first-order valence-electron chi connectivity index (χ1n) is 8.50. The van der Waals surface area contributed by atoms with Crippen molar-refractivity contribution in [3.63, 3.8) is 0 Å². The predicted molar refractivity (Wildman–Crippen MR) is 81.8 cm³/mol. The molecule has 0 spiro atoms. The van der Waals surface area contributed by atoms with Gasteiger partial charge in [0.15, 0.2) is 0 Å². The number of aliphatic hydroxyl groups is 1. The second-order valence-electron chi connectivity index (χ2n) is 6.64. The number of aliphatic hydroxyl groups excluding tert-OH is 1. The molecule has 1 aromatic rings. The van der Waals surface area contributed by atoms with Crippen LogP contribution < -0.4 is 0 Å². The molecule has 3 rings (SSSR count). The van der Waals surface area contributed by atoms with Crippen molar-refractivity contribution in [1.82, 2.24) is 19.7 Å². The average molecular weight is 292 g/mol. The lowest BCUT2D eigenvalue weighted by Crippen LogP contribution is -2.42. The first-order valence-corrected chi connectivity index (χ1v) is 8.50. The van der Waals surface area contributed by atoms with Gasteiger partial charge in [0.25, 0.3) is 0 Å². The molecule has 1 aromatic heterocycles. The van der Waals surface area contributed by atoms with Crippen LogP contribution in [0, 0.1) is 5.92 Å². The first-order chi connectivity index (χ1) is 10.2. The van der Waals surface area contributed by atoms with Gasteiger partial charge in [-0.15, -0.1) is 10.2 Å². The monoisotopic (exact) mass is 292 g/mol. The molecule has 1 aliphatic carbocycles. The van der Waals surface area contributed by atoms with E-state index in [1.807, 2.05) is 0 Å². The van der Waals surface area contributed by atoms with Crippen molar-refractivity contribution in [1.29, 1.82) is 0 Å². The van der Waals surface area contributed by atoms with Gasteiger partial charge in [-0.2, -0.15) is 0 Å². The molecule has 21 heavy (non-hydrogen) atoms. The standard InChI is InChI=1S/C16H28N4O/c1-3-15-17-18-16(19(15)2)11-20-10-6-8-13(20)12-7-4-5-9-14(12)21/h12-14,21H,3-11H2,1-2H3/t12-,13+,14+/m0/s1. The van der Waals surface area contributed by atoms with E-state index in [0.29, 0.717) is 12.0 Å². The second kappa shape index (κ2) is 6.44. The van der Waals surface area contributed by atoms with Gasteiger partial charge in [-0.1, -0.05) is 19.8 Å². The minimum atomic E-state index is -0.102. The molecule has 0 aromatic carbocycles. The Labute approximate surface area is 127 Å². The van der Waals surface area contributed by atoms with Crippen LogP contribution >= 0.6 is 0 Å². The first kappa shape index (κ1) is 15.0. The minimum absolute atomic E-state index is 0.102. The number of hydrogen-bond donors (Lipinski definition) is 1. The lowest BCUT2D eigenvalue weighted by Gasteiger charge is -2.37. The molecule has 2 aliphatic rings. The Hall–Kier alpha value is -0.940. The molecular formula is C16H28N4O. The molecule has 0 unspecified atom stereocenters. The maximum atomic E-state index is 10.4. The molecule has 118 valence electrons.